The molecule has 0 bridgehead atoms. The zero-order valence-corrected chi connectivity index (χ0v) is 20.6. The molecule has 0 aliphatic carbocycles. The number of hydrogen-bond acceptors (Lipinski definition) is 8. The third kappa shape index (κ3) is 4.20. The normalized spacial score (nSPS) is 15.6. The number of fused-ring (bicyclic) bond motifs is 3. The number of carbonyl (C=O) groups is 1. The van der Waals surface area contributed by atoms with Crippen molar-refractivity contribution in [2.24, 2.45) is 0 Å². The Hall–Kier alpha value is -4.17. The molecule has 36 heavy (non-hydrogen) atoms. The lowest BCUT2D eigenvalue weighted by molar-refractivity contribution is 0.0872. The van der Waals surface area contributed by atoms with E-state index < -0.39 is 0 Å². The number of allylic oxidation sites excluding steroid dienone is 1. The van der Waals surface area contributed by atoms with Crippen molar-refractivity contribution < 1.29 is 33.2 Å². The van der Waals surface area contributed by atoms with Gasteiger partial charge >= 0.3 is 0 Å². The minimum absolute atomic E-state index is 0.199. The molecule has 2 heterocycles. The lowest BCUT2D eigenvalue weighted by Gasteiger charge is -2.29. The highest BCUT2D eigenvalue weighted by atomic mass is 16.5. The lowest BCUT2D eigenvalue weighted by Crippen LogP contribution is -2.31. The van der Waals surface area contributed by atoms with Gasteiger partial charge in [-0.2, -0.15) is 0 Å². The fourth-order valence-corrected chi connectivity index (χ4v) is 4.51. The Labute approximate surface area is 209 Å². The number of Topliss-reactive ketones (excluding diaryl/α,β-unsaturated/α-hetero) is 1. The van der Waals surface area contributed by atoms with Crippen molar-refractivity contribution in [2.75, 3.05) is 35.2 Å². The van der Waals surface area contributed by atoms with Gasteiger partial charge in [0.05, 0.1) is 39.6 Å². The third-order valence-corrected chi connectivity index (χ3v) is 6.24. The number of carbonyl (C=O) groups excluding carboxylic acids is 1. The third-order valence-electron chi connectivity index (χ3n) is 6.24. The van der Waals surface area contributed by atoms with E-state index in [1.807, 2.05) is 30.3 Å². The van der Waals surface area contributed by atoms with Crippen LogP contribution in [0.15, 0.2) is 54.3 Å². The number of rotatable bonds is 7. The molecule has 0 atom stereocenters. The Morgan fingerprint density at radius 1 is 0.944 bits per heavy atom. The van der Waals surface area contributed by atoms with Gasteiger partial charge in [-0.25, -0.2) is 0 Å². The second kappa shape index (κ2) is 9.83. The first kappa shape index (κ1) is 23.6. The van der Waals surface area contributed by atoms with Gasteiger partial charge in [0.25, 0.3) is 0 Å². The molecule has 0 aromatic heterocycles. The van der Waals surface area contributed by atoms with Crippen molar-refractivity contribution in [3.05, 3.63) is 76.5 Å². The summed E-state index contributed by atoms with van der Waals surface area (Å²) >= 11 is 0. The van der Waals surface area contributed by atoms with E-state index >= 15 is 0 Å². The van der Waals surface area contributed by atoms with Crippen LogP contribution in [-0.2, 0) is 13.1 Å². The number of ketones is 1. The number of ether oxygens (including phenoxy) is 6. The van der Waals surface area contributed by atoms with Gasteiger partial charge in [-0.1, -0.05) is 12.1 Å². The molecule has 2 aliphatic rings. The van der Waals surface area contributed by atoms with Crippen LogP contribution in [0, 0.1) is 0 Å². The van der Waals surface area contributed by atoms with Gasteiger partial charge in [0.1, 0.15) is 24.0 Å². The Bertz CT molecular complexity index is 1350. The average molecular weight is 490 g/mol. The van der Waals surface area contributed by atoms with E-state index in [9.17, 15) is 4.79 Å². The largest absolute Gasteiger partial charge is 0.497 e. The van der Waals surface area contributed by atoms with Gasteiger partial charge in [-0.3, -0.25) is 9.69 Å². The van der Waals surface area contributed by atoms with Crippen LogP contribution in [0.2, 0.25) is 0 Å². The second-order valence-corrected chi connectivity index (χ2v) is 8.39. The molecule has 3 aromatic rings. The standard InChI is InChI=1S/C28H27NO7/c1-31-19-7-5-6-17(12-19)14-29-15-21-22(35-16-29)11-9-20-25(30)24(36-27(20)21)13-18-8-10-23(32-2)28(34-4)26(18)33-3/h5-13H,14-16H2,1-4H3. The minimum Gasteiger partial charge on any atom is -0.497 e. The Morgan fingerprint density at radius 3 is 2.53 bits per heavy atom. The molecule has 0 fully saturated rings. The minimum atomic E-state index is -0.199. The van der Waals surface area contributed by atoms with Crippen molar-refractivity contribution in [1.29, 1.82) is 0 Å². The van der Waals surface area contributed by atoms with Gasteiger partial charge in [-0.05, 0) is 48.0 Å². The zero-order chi connectivity index (χ0) is 25.2. The maximum absolute atomic E-state index is 13.2. The molecule has 0 saturated heterocycles. The lowest BCUT2D eigenvalue weighted by atomic mass is 10.0. The van der Waals surface area contributed by atoms with Gasteiger partial charge < -0.3 is 28.4 Å². The molecular weight excluding hydrogens is 462 g/mol. The van der Waals surface area contributed by atoms with E-state index in [-0.39, 0.29) is 11.5 Å². The summed E-state index contributed by atoms with van der Waals surface area (Å²) < 4.78 is 33.9. The molecule has 8 heteroatoms. The van der Waals surface area contributed by atoms with Crippen molar-refractivity contribution in [2.45, 2.75) is 13.1 Å². The van der Waals surface area contributed by atoms with E-state index in [0.717, 1.165) is 16.9 Å². The molecule has 0 spiro atoms. The molecule has 0 radical (unpaired) electrons. The molecule has 3 aromatic carbocycles. The number of hydrogen-bond donors (Lipinski definition) is 0. The summed E-state index contributed by atoms with van der Waals surface area (Å²) in [6.45, 7) is 1.68. The van der Waals surface area contributed by atoms with Crippen molar-refractivity contribution >= 4 is 11.9 Å². The van der Waals surface area contributed by atoms with Crippen LogP contribution in [0.4, 0.5) is 0 Å². The molecule has 8 nitrogen and oxygen atoms in total. The Morgan fingerprint density at radius 2 is 1.78 bits per heavy atom. The summed E-state index contributed by atoms with van der Waals surface area (Å²) in [5, 5.41) is 0. The molecule has 0 N–H and O–H groups in total. The van der Waals surface area contributed by atoms with Crippen LogP contribution in [0.25, 0.3) is 6.08 Å². The monoisotopic (exact) mass is 489 g/mol. The molecule has 186 valence electrons. The number of benzene rings is 3. The van der Waals surface area contributed by atoms with Crippen LogP contribution >= 0.6 is 0 Å². The topological polar surface area (TPSA) is 75.7 Å². The molecule has 0 unspecified atom stereocenters. The maximum atomic E-state index is 13.2. The van der Waals surface area contributed by atoms with Crippen molar-refractivity contribution in [1.82, 2.24) is 4.90 Å². The molecular formula is C28H27NO7. The number of nitrogens with zero attached hydrogens (tertiary/aromatic N) is 1. The van der Waals surface area contributed by atoms with Gasteiger partial charge in [0.15, 0.2) is 17.3 Å². The average Bonchev–Trinajstić information content (AvgIpc) is 3.23. The first-order valence-corrected chi connectivity index (χ1v) is 11.4. The van der Waals surface area contributed by atoms with E-state index in [1.54, 1.807) is 38.5 Å². The van der Waals surface area contributed by atoms with Crippen LogP contribution in [0.3, 0.4) is 0 Å². The van der Waals surface area contributed by atoms with Crippen LogP contribution in [-0.4, -0.2) is 45.9 Å². The summed E-state index contributed by atoms with van der Waals surface area (Å²) in [6, 6.07) is 15.1. The van der Waals surface area contributed by atoms with E-state index in [0.29, 0.717) is 59.7 Å². The van der Waals surface area contributed by atoms with E-state index in [1.165, 1.54) is 14.2 Å². The fraction of sp³-hybridized carbons (Fsp3) is 0.250. The highest BCUT2D eigenvalue weighted by molar-refractivity contribution is 6.15. The first-order valence-electron chi connectivity index (χ1n) is 11.4. The SMILES string of the molecule is COc1cccc(CN2COc3ccc4c(c3C2)OC(=Cc2ccc(OC)c(OC)c2OC)C4=O)c1. The van der Waals surface area contributed by atoms with Crippen LogP contribution < -0.4 is 28.4 Å². The van der Waals surface area contributed by atoms with Crippen molar-refractivity contribution in [3.8, 4) is 34.5 Å². The van der Waals surface area contributed by atoms with E-state index in [4.69, 9.17) is 28.4 Å². The Balaban J connectivity index is 1.44. The fourth-order valence-electron chi connectivity index (χ4n) is 4.51. The first-order chi connectivity index (χ1) is 17.6. The molecule has 2 aliphatic heterocycles. The van der Waals surface area contributed by atoms with Gasteiger partial charge in [0.2, 0.25) is 11.5 Å². The smallest absolute Gasteiger partial charge is 0.231 e. The quantitative estimate of drug-likeness (QED) is 0.443. The predicted octanol–water partition coefficient (Wildman–Crippen LogP) is 4.69. The number of methoxy groups -OCH3 is 4. The van der Waals surface area contributed by atoms with Crippen LogP contribution in [0.1, 0.15) is 27.0 Å². The van der Waals surface area contributed by atoms with Crippen molar-refractivity contribution in [3.63, 3.8) is 0 Å². The molecule has 0 saturated carbocycles. The highest BCUT2D eigenvalue weighted by Gasteiger charge is 2.34. The van der Waals surface area contributed by atoms with Gasteiger partial charge in [-0.15, -0.1) is 0 Å². The summed E-state index contributed by atoms with van der Waals surface area (Å²) in [5.74, 6) is 3.47. The maximum Gasteiger partial charge on any atom is 0.231 e. The predicted molar refractivity (Wildman–Crippen MR) is 133 cm³/mol. The molecule has 5 rings (SSSR count). The zero-order valence-electron chi connectivity index (χ0n) is 20.6. The summed E-state index contributed by atoms with van der Waals surface area (Å²) in [7, 11) is 6.28. The summed E-state index contributed by atoms with van der Waals surface area (Å²) in [6.07, 6.45) is 1.66. The summed E-state index contributed by atoms with van der Waals surface area (Å²) in [5.41, 5.74) is 3.09. The Kier molecular flexibility index (Phi) is 6.43. The second-order valence-electron chi connectivity index (χ2n) is 8.39. The van der Waals surface area contributed by atoms with Crippen LogP contribution in [0.5, 0.6) is 34.5 Å². The van der Waals surface area contributed by atoms with E-state index in [2.05, 4.69) is 4.90 Å². The molecule has 0 amide bonds. The summed E-state index contributed by atoms with van der Waals surface area (Å²) in [4.78, 5) is 15.4. The highest BCUT2D eigenvalue weighted by Crippen LogP contribution is 2.44. The van der Waals surface area contributed by atoms with Gasteiger partial charge in [0, 0.05) is 18.7 Å².